The number of alkyl halides is 6. The summed E-state index contributed by atoms with van der Waals surface area (Å²) in [6.45, 7) is 4.15. The van der Waals surface area contributed by atoms with Gasteiger partial charge in [0.25, 0.3) is 0 Å². The van der Waals surface area contributed by atoms with Crippen LogP contribution in [0.5, 0.6) is 0 Å². The highest BCUT2D eigenvalue weighted by Crippen LogP contribution is 2.69. The van der Waals surface area contributed by atoms with Gasteiger partial charge in [-0.2, -0.15) is 26.3 Å². The van der Waals surface area contributed by atoms with E-state index in [4.69, 9.17) is 19.8 Å². The highest BCUT2D eigenvalue weighted by atomic mass is 19.4. The lowest BCUT2D eigenvalue weighted by Gasteiger charge is -2.39. The fraction of sp³-hybridized carbons (Fsp3) is 0.565. The zero-order chi connectivity index (χ0) is 30.8. The van der Waals surface area contributed by atoms with Crippen molar-refractivity contribution in [2.45, 2.75) is 44.6 Å². The first kappa shape index (κ1) is 32.6. The Morgan fingerprint density at radius 1 is 0.825 bits per heavy atom. The lowest BCUT2D eigenvalue weighted by Crippen LogP contribution is -2.46. The van der Waals surface area contributed by atoms with Crippen molar-refractivity contribution in [1.29, 1.82) is 0 Å². The number of carboxylic acid groups (broad SMARTS) is 4. The molecule has 1 aromatic rings. The zero-order valence-corrected chi connectivity index (χ0v) is 20.7. The number of hydrogen-bond donors (Lipinski definition) is 4. The lowest BCUT2D eigenvalue weighted by molar-refractivity contribution is -0.193. The molecule has 3 aliphatic rings. The lowest BCUT2D eigenvalue weighted by atomic mass is 9.97. The van der Waals surface area contributed by atoms with Crippen molar-refractivity contribution in [2.75, 3.05) is 31.1 Å². The Bertz CT molecular complexity index is 1100. The van der Waals surface area contributed by atoms with Gasteiger partial charge >= 0.3 is 36.2 Å². The van der Waals surface area contributed by atoms with Crippen LogP contribution < -0.4 is 4.90 Å². The molecule has 1 saturated carbocycles. The second-order valence-corrected chi connectivity index (χ2v) is 9.61. The summed E-state index contributed by atoms with van der Waals surface area (Å²) in [7, 11) is 0. The summed E-state index contributed by atoms with van der Waals surface area (Å²) in [5.74, 6) is -7.72. The predicted molar refractivity (Wildman–Crippen MR) is 120 cm³/mol. The number of hydrogen-bond acceptors (Lipinski definition) is 6. The Kier molecular flexibility index (Phi) is 9.34. The van der Waals surface area contributed by atoms with Crippen molar-refractivity contribution < 1.29 is 70.3 Å². The number of piperidine rings is 2. The average Bonchev–Trinajstić information content (AvgIpc) is 3.36. The molecule has 0 spiro atoms. The third kappa shape index (κ3) is 6.92. The van der Waals surface area contributed by atoms with Gasteiger partial charge in [-0.25, -0.2) is 14.0 Å². The summed E-state index contributed by atoms with van der Waals surface area (Å²) in [6.07, 6.45) is -8.22. The standard InChI is InChI=1S/C19H23FN2O4.2C2HF3O2/c1-12-8-13(20)2-3-15(12)21-6-4-14(5-7-21)22-10-18(16(23)24)9-19(18,11-22)17(25)26;2*3-2(4,5)1(6)7/h2-3,8,14H,4-7,9-11H2,1H3,(H,23,24)(H,25,26);2*(H,6,7)/t18-,19+;;. The van der Waals surface area contributed by atoms with Crippen LogP contribution in [-0.2, 0) is 19.2 Å². The van der Waals surface area contributed by atoms with Crippen molar-refractivity contribution in [2.24, 2.45) is 10.8 Å². The molecule has 40 heavy (non-hydrogen) atoms. The molecule has 1 aliphatic carbocycles. The maximum Gasteiger partial charge on any atom is 0.490 e. The highest BCUT2D eigenvalue weighted by molar-refractivity contribution is 5.94. The normalized spacial score (nSPS) is 24.6. The maximum atomic E-state index is 13.3. The van der Waals surface area contributed by atoms with Crippen molar-refractivity contribution in [3.63, 3.8) is 0 Å². The number of aliphatic carboxylic acids is 4. The first-order valence-corrected chi connectivity index (χ1v) is 11.5. The molecular formula is C23H25F7N2O8. The van der Waals surface area contributed by atoms with E-state index in [0.717, 1.165) is 37.2 Å². The number of likely N-dealkylation sites (tertiary alicyclic amines) is 1. The molecule has 10 nitrogen and oxygen atoms in total. The van der Waals surface area contributed by atoms with Gasteiger partial charge in [-0.05, 0) is 49.9 Å². The van der Waals surface area contributed by atoms with Crippen LogP contribution in [0.3, 0.4) is 0 Å². The Morgan fingerprint density at radius 3 is 1.55 bits per heavy atom. The number of fused-ring (bicyclic) bond motifs is 1. The molecule has 2 atom stereocenters. The molecule has 17 heteroatoms. The van der Waals surface area contributed by atoms with Crippen LogP contribution in [0.4, 0.5) is 36.4 Å². The van der Waals surface area contributed by atoms with E-state index in [9.17, 15) is 50.5 Å². The molecule has 4 N–H and O–H groups in total. The van der Waals surface area contributed by atoms with Gasteiger partial charge in [-0.1, -0.05) is 0 Å². The minimum atomic E-state index is -5.08. The summed E-state index contributed by atoms with van der Waals surface area (Å²) in [4.78, 5) is 45.4. The molecule has 2 saturated heterocycles. The summed E-state index contributed by atoms with van der Waals surface area (Å²) >= 11 is 0. The number of rotatable bonds is 4. The average molecular weight is 590 g/mol. The molecule has 224 valence electrons. The molecule has 4 rings (SSSR count). The molecule has 0 unspecified atom stereocenters. The van der Waals surface area contributed by atoms with Crippen molar-refractivity contribution in [3.8, 4) is 0 Å². The molecule has 2 aliphatic heterocycles. The molecular weight excluding hydrogens is 565 g/mol. The Labute approximate surface area is 221 Å². The smallest absolute Gasteiger partial charge is 0.481 e. The van der Waals surface area contributed by atoms with Gasteiger partial charge in [-0.15, -0.1) is 0 Å². The SMILES string of the molecule is Cc1cc(F)ccc1N1CCC(N2C[C@@]3(C(=O)O)C[C@@]3(C(=O)O)C2)CC1.O=C(O)C(F)(F)F.O=C(O)C(F)(F)F. The molecule has 0 aromatic heterocycles. The van der Waals surface area contributed by atoms with E-state index in [2.05, 4.69) is 9.80 Å². The molecule has 1 aromatic carbocycles. The number of nitrogens with zero attached hydrogens (tertiary/aromatic N) is 2. The van der Waals surface area contributed by atoms with E-state index in [0.29, 0.717) is 13.1 Å². The van der Waals surface area contributed by atoms with Crippen molar-refractivity contribution in [3.05, 3.63) is 29.6 Å². The number of anilines is 1. The van der Waals surface area contributed by atoms with E-state index in [-0.39, 0.29) is 18.3 Å². The van der Waals surface area contributed by atoms with E-state index < -0.39 is 47.1 Å². The highest BCUT2D eigenvalue weighted by Gasteiger charge is 2.81. The van der Waals surface area contributed by atoms with Gasteiger partial charge in [0.1, 0.15) is 5.82 Å². The quantitative estimate of drug-likeness (QED) is 0.384. The summed E-state index contributed by atoms with van der Waals surface area (Å²) < 4.78 is 76.8. The van der Waals surface area contributed by atoms with E-state index in [1.807, 2.05) is 6.92 Å². The van der Waals surface area contributed by atoms with Gasteiger partial charge in [0.05, 0.1) is 10.8 Å². The van der Waals surface area contributed by atoms with Gasteiger partial charge in [0.2, 0.25) is 0 Å². The third-order valence-electron chi connectivity index (χ3n) is 7.12. The van der Waals surface area contributed by atoms with Crippen LogP contribution in [0.15, 0.2) is 18.2 Å². The van der Waals surface area contributed by atoms with Crippen LogP contribution in [0.2, 0.25) is 0 Å². The fourth-order valence-corrected chi connectivity index (χ4v) is 5.03. The second-order valence-electron chi connectivity index (χ2n) is 9.61. The van der Waals surface area contributed by atoms with Gasteiger partial charge in [-0.3, -0.25) is 14.5 Å². The molecule has 3 fully saturated rings. The van der Waals surface area contributed by atoms with E-state index >= 15 is 0 Å². The van der Waals surface area contributed by atoms with Gasteiger partial charge in [0.15, 0.2) is 0 Å². The van der Waals surface area contributed by atoms with Gasteiger partial charge < -0.3 is 25.3 Å². The summed E-state index contributed by atoms with van der Waals surface area (Å²) in [5, 5.41) is 33.4. The fourth-order valence-electron chi connectivity index (χ4n) is 5.03. The Hall–Kier alpha value is -3.63. The minimum Gasteiger partial charge on any atom is -0.481 e. The third-order valence-corrected chi connectivity index (χ3v) is 7.12. The topological polar surface area (TPSA) is 156 Å². The van der Waals surface area contributed by atoms with Crippen LogP contribution in [-0.4, -0.2) is 93.8 Å². The van der Waals surface area contributed by atoms with Crippen molar-refractivity contribution in [1.82, 2.24) is 4.90 Å². The van der Waals surface area contributed by atoms with Gasteiger partial charge in [0, 0.05) is 37.9 Å². The molecule has 2 heterocycles. The minimum absolute atomic E-state index is 0.201. The first-order valence-electron chi connectivity index (χ1n) is 11.5. The number of aryl methyl sites for hydroxylation is 1. The van der Waals surface area contributed by atoms with Crippen LogP contribution in [0.1, 0.15) is 24.8 Å². The number of carbonyl (C=O) groups is 4. The van der Waals surface area contributed by atoms with E-state index in [1.165, 1.54) is 12.1 Å². The van der Waals surface area contributed by atoms with E-state index in [1.54, 1.807) is 6.07 Å². The number of benzene rings is 1. The monoisotopic (exact) mass is 590 g/mol. The molecule has 0 amide bonds. The molecule has 0 radical (unpaired) electrons. The Morgan fingerprint density at radius 2 is 1.23 bits per heavy atom. The molecule has 0 bridgehead atoms. The van der Waals surface area contributed by atoms with Crippen molar-refractivity contribution >= 4 is 29.6 Å². The van der Waals surface area contributed by atoms with Crippen LogP contribution in [0, 0.1) is 23.6 Å². The summed E-state index contributed by atoms with van der Waals surface area (Å²) in [5.41, 5.74) is -0.286. The maximum absolute atomic E-state index is 13.3. The van der Waals surface area contributed by atoms with Crippen LogP contribution in [0.25, 0.3) is 0 Å². The first-order chi connectivity index (χ1) is 18.2. The number of halogens is 7. The van der Waals surface area contributed by atoms with Crippen LogP contribution >= 0.6 is 0 Å². The Balaban J connectivity index is 0.000000333. The largest absolute Gasteiger partial charge is 0.490 e. The zero-order valence-electron chi connectivity index (χ0n) is 20.7. The number of carboxylic acids is 4. The summed E-state index contributed by atoms with van der Waals surface area (Å²) in [6, 6.07) is 5.00. The predicted octanol–water partition coefficient (Wildman–Crippen LogP) is 3.23. The second kappa shape index (κ2) is 11.5.